The van der Waals surface area contributed by atoms with Crippen molar-refractivity contribution in [3.05, 3.63) is 58.2 Å². The van der Waals surface area contributed by atoms with Crippen molar-refractivity contribution in [3.8, 4) is 16.9 Å². The maximum Gasteiger partial charge on any atom is 0.166 e. The Kier molecular flexibility index (Phi) is 5.87. The van der Waals surface area contributed by atoms with Gasteiger partial charge in [0, 0.05) is 53.1 Å². The van der Waals surface area contributed by atoms with Gasteiger partial charge in [0.1, 0.15) is 19.8 Å². The second-order valence-corrected chi connectivity index (χ2v) is 8.26. The number of anilines is 1. The Morgan fingerprint density at radius 2 is 2.19 bits per heavy atom. The highest BCUT2D eigenvalue weighted by Crippen LogP contribution is 2.37. The van der Waals surface area contributed by atoms with Gasteiger partial charge in [0.25, 0.3) is 0 Å². The first-order chi connectivity index (χ1) is 14.7. The Hall–Kier alpha value is -2.33. The molecular weight excluding hydrogens is 443 g/mol. The van der Waals surface area contributed by atoms with Gasteiger partial charge in [-0.25, -0.2) is 9.37 Å². The zero-order valence-electron chi connectivity index (χ0n) is 16.5. The molecule has 1 aromatic carbocycles. The Labute approximate surface area is 189 Å². The van der Waals surface area contributed by atoms with Crippen LogP contribution in [-0.4, -0.2) is 39.9 Å². The second kappa shape index (κ2) is 8.31. The fourth-order valence-corrected chi connectivity index (χ4v) is 4.05. The van der Waals surface area contributed by atoms with Crippen LogP contribution in [0.5, 0.6) is 5.75 Å². The molecule has 4 N–H and O–H groups in total. The van der Waals surface area contributed by atoms with E-state index in [9.17, 15) is 9.50 Å². The molecule has 0 saturated carbocycles. The number of hydrogen-bond donors (Lipinski definition) is 3. The molecule has 4 rings (SSSR count). The predicted molar refractivity (Wildman–Crippen MR) is 118 cm³/mol. The van der Waals surface area contributed by atoms with E-state index in [-0.39, 0.29) is 21.8 Å². The van der Waals surface area contributed by atoms with Gasteiger partial charge in [-0.1, -0.05) is 23.2 Å². The highest BCUT2D eigenvalue weighted by molar-refractivity contribution is 6.36. The van der Waals surface area contributed by atoms with Crippen molar-refractivity contribution in [2.75, 3.05) is 12.3 Å². The van der Waals surface area contributed by atoms with Gasteiger partial charge in [0.05, 0.1) is 16.8 Å². The number of nitrogens with one attached hydrogen (secondary N) is 1. The smallest absolute Gasteiger partial charge is 0.166 e. The number of nitrogens with zero attached hydrogens (tertiary/aromatic N) is 3. The van der Waals surface area contributed by atoms with Gasteiger partial charge in [-0.2, -0.15) is 5.10 Å². The Bertz CT molecular complexity index is 1130. The molecule has 3 heterocycles. The molecule has 11 heteroatoms. The molecule has 1 fully saturated rings. The second-order valence-electron chi connectivity index (χ2n) is 7.48. The first-order valence-corrected chi connectivity index (χ1v) is 10.3. The topological polar surface area (TPSA) is 98.2 Å². The largest absolute Gasteiger partial charge is 0.482 e. The van der Waals surface area contributed by atoms with E-state index in [0.717, 1.165) is 5.56 Å². The van der Waals surface area contributed by atoms with Crippen molar-refractivity contribution in [3.63, 3.8) is 0 Å². The maximum absolute atomic E-state index is 13.9. The fraction of sp³-hybridized carbons (Fsp3) is 0.300. The molecule has 0 bridgehead atoms. The number of aliphatic hydroxyl groups is 1. The Balaban J connectivity index is 1.55. The average Bonchev–Trinajstić information content (AvgIpc) is 3.19. The van der Waals surface area contributed by atoms with E-state index in [0.29, 0.717) is 30.0 Å². The maximum atomic E-state index is 13.9. The summed E-state index contributed by atoms with van der Waals surface area (Å²) in [7, 11) is 5.71. The summed E-state index contributed by atoms with van der Waals surface area (Å²) >= 11 is 12.3. The zero-order valence-corrected chi connectivity index (χ0v) is 18.0. The van der Waals surface area contributed by atoms with Gasteiger partial charge in [0.2, 0.25) is 0 Å². The number of hydrogen-bond acceptors (Lipinski definition) is 6. The van der Waals surface area contributed by atoms with E-state index in [1.807, 2.05) is 6.20 Å². The minimum Gasteiger partial charge on any atom is -0.482 e. The van der Waals surface area contributed by atoms with Crippen molar-refractivity contribution in [2.45, 2.75) is 25.2 Å². The number of aromatic nitrogens is 3. The summed E-state index contributed by atoms with van der Waals surface area (Å²) in [4.78, 5) is 4.19. The van der Waals surface area contributed by atoms with Crippen LogP contribution in [0.25, 0.3) is 11.1 Å². The summed E-state index contributed by atoms with van der Waals surface area (Å²) in [5.74, 6) is -0.269. The van der Waals surface area contributed by atoms with Crippen molar-refractivity contribution in [1.29, 1.82) is 0 Å². The van der Waals surface area contributed by atoms with Crippen LogP contribution in [0.15, 0.2) is 36.8 Å². The van der Waals surface area contributed by atoms with E-state index in [1.165, 1.54) is 12.1 Å². The molecule has 3 aromatic rings. The SMILES string of the molecule is [B]C1(O)NCC1Cn1cc(-c2cnc(N)c(OC(C)c3c(Cl)ccc(F)c3Cl)c2)cn1. The van der Waals surface area contributed by atoms with Crippen molar-refractivity contribution >= 4 is 36.9 Å². The summed E-state index contributed by atoms with van der Waals surface area (Å²) in [6.45, 7) is 2.75. The summed E-state index contributed by atoms with van der Waals surface area (Å²) in [6, 6.07) is 4.33. The van der Waals surface area contributed by atoms with Gasteiger partial charge in [-0.15, -0.1) is 0 Å². The van der Waals surface area contributed by atoms with E-state index in [4.69, 9.17) is 41.5 Å². The zero-order chi connectivity index (χ0) is 22.3. The lowest BCUT2D eigenvalue weighted by Gasteiger charge is -2.44. The summed E-state index contributed by atoms with van der Waals surface area (Å²) in [5.41, 5.74) is 6.41. The predicted octanol–water partition coefficient (Wildman–Crippen LogP) is 3.15. The Morgan fingerprint density at radius 3 is 2.87 bits per heavy atom. The molecule has 2 radical (unpaired) electrons. The molecule has 0 aliphatic carbocycles. The summed E-state index contributed by atoms with van der Waals surface area (Å²) in [5, 5.41) is 17.2. The average molecular weight is 462 g/mol. The van der Waals surface area contributed by atoms with Crippen molar-refractivity contribution in [2.24, 2.45) is 5.92 Å². The number of pyridine rings is 1. The first kappa shape index (κ1) is 21.9. The molecule has 1 saturated heterocycles. The quantitative estimate of drug-likeness (QED) is 0.385. The molecule has 0 amide bonds. The fourth-order valence-electron chi connectivity index (χ4n) is 3.37. The minimum absolute atomic E-state index is 0.102. The molecule has 0 spiro atoms. The Morgan fingerprint density at radius 1 is 1.42 bits per heavy atom. The molecule has 1 aliphatic rings. The van der Waals surface area contributed by atoms with E-state index < -0.39 is 17.5 Å². The third-order valence-corrected chi connectivity index (χ3v) is 6.01. The van der Waals surface area contributed by atoms with Crippen LogP contribution in [0, 0.1) is 11.7 Å². The molecule has 2 aromatic heterocycles. The number of rotatable bonds is 6. The minimum atomic E-state index is -1.38. The summed E-state index contributed by atoms with van der Waals surface area (Å²) < 4.78 is 21.5. The highest BCUT2D eigenvalue weighted by Gasteiger charge is 2.39. The van der Waals surface area contributed by atoms with Gasteiger partial charge in [-0.05, 0) is 25.1 Å². The van der Waals surface area contributed by atoms with Gasteiger partial charge in [-0.3, -0.25) is 10.00 Å². The van der Waals surface area contributed by atoms with Gasteiger partial charge < -0.3 is 15.6 Å². The molecule has 1 aliphatic heterocycles. The van der Waals surface area contributed by atoms with E-state index in [2.05, 4.69) is 15.4 Å². The number of benzene rings is 1. The lowest BCUT2D eigenvalue weighted by atomic mass is 9.72. The van der Waals surface area contributed by atoms with Gasteiger partial charge >= 0.3 is 0 Å². The molecule has 7 nitrogen and oxygen atoms in total. The molecule has 160 valence electrons. The van der Waals surface area contributed by atoms with Crippen LogP contribution in [-0.2, 0) is 6.54 Å². The van der Waals surface area contributed by atoms with Crippen molar-refractivity contribution < 1.29 is 14.2 Å². The normalized spacial score (nSPS) is 21.5. The number of nitrogens with two attached hydrogens (primary N) is 1. The molecular formula is C20H19BCl2FN5O2. The van der Waals surface area contributed by atoms with Gasteiger partial charge in [0.15, 0.2) is 11.6 Å². The monoisotopic (exact) mass is 461 g/mol. The van der Waals surface area contributed by atoms with Crippen LogP contribution in [0.4, 0.5) is 10.2 Å². The lowest BCUT2D eigenvalue weighted by Crippen LogP contribution is -2.66. The highest BCUT2D eigenvalue weighted by atomic mass is 35.5. The first-order valence-electron chi connectivity index (χ1n) is 9.50. The standard InChI is InChI=1S/C20H19BCl2FN5O2/c1-10(17-14(22)2-3-15(24)18(17)23)31-16-4-11(5-26-19(16)25)12-6-28-29(8-12)9-13-7-27-20(13,21)30/h2-6,8,10,13,27,30H,7,9H2,1H3,(H2,25,26). The molecule has 3 unspecified atom stereocenters. The van der Waals surface area contributed by atoms with Crippen LogP contribution in [0.3, 0.4) is 0 Å². The lowest BCUT2D eigenvalue weighted by molar-refractivity contribution is -0.0457. The summed E-state index contributed by atoms with van der Waals surface area (Å²) in [6.07, 6.45) is 4.41. The molecule has 31 heavy (non-hydrogen) atoms. The van der Waals surface area contributed by atoms with E-state index in [1.54, 1.807) is 30.1 Å². The van der Waals surface area contributed by atoms with Crippen LogP contribution < -0.4 is 15.8 Å². The van der Waals surface area contributed by atoms with Crippen molar-refractivity contribution in [1.82, 2.24) is 20.1 Å². The number of nitrogen functional groups attached to an aromatic ring is 1. The van der Waals surface area contributed by atoms with Crippen LogP contribution in [0.2, 0.25) is 10.0 Å². The van der Waals surface area contributed by atoms with Crippen LogP contribution in [0.1, 0.15) is 18.6 Å². The third kappa shape index (κ3) is 4.36. The number of ether oxygens (including phenoxy) is 1. The number of halogens is 3. The van der Waals surface area contributed by atoms with E-state index >= 15 is 0 Å². The molecule has 3 atom stereocenters. The van der Waals surface area contributed by atoms with Crippen LogP contribution >= 0.6 is 23.2 Å². The third-order valence-electron chi connectivity index (χ3n) is 5.30.